The molecule has 20 heavy (non-hydrogen) atoms. The first-order valence-corrected chi connectivity index (χ1v) is 7.65. The van der Waals surface area contributed by atoms with Gasteiger partial charge in [0.05, 0.1) is 0 Å². The fraction of sp³-hybridized carbons (Fsp3) is 0.400. The first-order valence-electron chi connectivity index (χ1n) is 6.86. The van der Waals surface area contributed by atoms with E-state index in [1.807, 2.05) is 29.2 Å². The molecule has 5 heteroatoms. The number of fused-ring (bicyclic) bond motifs is 1. The molecule has 1 aromatic heterocycles. The Morgan fingerprint density at radius 1 is 1.45 bits per heavy atom. The van der Waals surface area contributed by atoms with Crippen LogP contribution >= 0.6 is 15.9 Å². The zero-order valence-corrected chi connectivity index (χ0v) is 12.7. The number of piperidine rings is 1. The van der Waals surface area contributed by atoms with E-state index in [4.69, 9.17) is 0 Å². The predicted octanol–water partition coefficient (Wildman–Crippen LogP) is 2.77. The van der Waals surface area contributed by atoms with Gasteiger partial charge in [0, 0.05) is 35.1 Å². The molecule has 0 bridgehead atoms. The second-order valence-electron chi connectivity index (χ2n) is 5.36. The van der Waals surface area contributed by atoms with E-state index >= 15 is 0 Å². The molecule has 2 aromatic rings. The van der Waals surface area contributed by atoms with Gasteiger partial charge in [-0.2, -0.15) is 0 Å². The number of aliphatic hydroxyl groups excluding tert-OH is 1. The SMILES string of the molecule is O=C(c1cc2ccc(Br)cc2[nH]1)N1CCCC(CO)C1. The summed E-state index contributed by atoms with van der Waals surface area (Å²) < 4.78 is 0.990. The third-order valence-electron chi connectivity index (χ3n) is 3.88. The van der Waals surface area contributed by atoms with Gasteiger partial charge in [0.15, 0.2) is 0 Å². The summed E-state index contributed by atoms with van der Waals surface area (Å²) in [5.74, 6) is 0.238. The molecule has 1 aliphatic rings. The van der Waals surface area contributed by atoms with Crippen LogP contribution in [0.15, 0.2) is 28.7 Å². The van der Waals surface area contributed by atoms with Gasteiger partial charge in [-0.1, -0.05) is 22.0 Å². The molecule has 1 amide bonds. The van der Waals surface area contributed by atoms with E-state index in [0.717, 1.165) is 34.8 Å². The first kappa shape index (κ1) is 13.6. The minimum atomic E-state index is 0.0236. The number of nitrogens with zero attached hydrogens (tertiary/aromatic N) is 1. The number of benzene rings is 1. The van der Waals surface area contributed by atoms with E-state index in [-0.39, 0.29) is 18.4 Å². The number of hydrogen-bond acceptors (Lipinski definition) is 2. The zero-order valence-electron chi connectivity index (χ0n) is 11.1. The minimum Gasteiger partial charge on any atom is -0.396 e. The van der Waals surface area contributed by atoms with E-state index in [9.17, 15) is 9.90 Å². The molecule has 106 valence electrons. The molecule has 1 aliphatic heterocycles. The maximum Gasteiger partial charge on any atom is 0.270 e. The molecule has 0 radical (unpaired) electrons. The topological polar surface area (TPSA) is 56.3 Å². The quantitative estimate of drug-likeness (QED) is 0.885. The van der Waals surface area contributed by atoms with Crippen LogP contribution in [0.3, 0.4) is 0 Å². The van der Waals surface area contributed by atoms with Crippen LogP contribution < -0.4 is 0 Å². The van der Waals surface area contributed by atoms with Crippen LogP contribution in [-0.2, 0) is 0 Å². The van der Waals surface area contributed by atoms with Crippen LogP contribution in [0.25, 0.3) is 10.9 Å². The van der Waals surface area contributed by atoms with E-state index in [0.29, 0.717) is 12.2 Å². The van der Waals surface area contributed by atoms with E-state index in [1.165, 1.54) is 0 Å². The van der Waals surface area contributed by atoms with Crippen molar-refractivity contribution >= 4 is 32.7 Å². The van der Waals surface area contributed by atoms with Gasteiger partial charge in [-0.15, -0.1) is 0 Å². The summed E-state index contributed by atoms with van der Waals surface area (Å²) in [7, 11) is 0. The molecule has 1 atom stereocenters. The number of hydrogen-bond donors (Lipinski definition) is 2. The highest BCUT2D eigenvalue weighted by atomic mass is 79.9. The van der Waals surface area contributed by atoms with Crippen LogP contribution in [0, 0.1) is 5.92 Å². The predicted molar refractivity (Wildman–Crippen MR) is 81.7 cm³/mol. The largest absolute Gasteiger partial charge is 0.396 e. The van der Waals surface area contributed by atoms with Crippen molar-refractivity contribution in [3.63, 3.8) is 0 Å². The maximum atomic E-state index is 12.5. The fourth-order valence-corrected chi connectivity index (χ4v) is 3.14. The van der Waals surface area contributed by atoms with Crippen molar-refractivity contribution in [2.45, 2.75) is 12.8 Å². The average Bonchev–Trinajstić information content (AvgIpc) is 2.89. The van der Waals surface area contributed by atoms with E-state index < -0.39 is 0 Å². The van der Waals surface area contributed by atoms with Gasteiger partial charge in [-0.05, 0) is 37.0 Å². The Morgan fingerprint density at radius 3 is 3.10 bits per heavy atom. The van der Waals surface area contributed by atoms with Crippen molar-refractivity contribution in [2.75, 3.05) is 19.7 Å². The summed E-state index contributed by atoms with van der Waals surface area (Å²) in [6, 6.07) is 7.82. The van der Waals surface area contributed by atoms with E-state index in [2.05, 4.69) is 20.9 Å². The Morgan fingerprint density at radius 2 is 2.30 bits per heavy atom. The molecule has 4 nitrogen and oxygen atoms in total. The van der Waals surface area contributed by atoms with Crippen LogP contribution in [0.2, 0.25) is 0 Å². The highest BCUT2D eigenvalue weighted by molar-refractivity contribution is 9.10. The number of aromatic nitrogens is 1. The fourth-order valence-electron chi connectivity index (χ4n) is 2.78. The molecule has 0 aliphatic carbocycles. The average molecular weight is 337 g/mol. The number of likely N-dealkylation sites (tertiary alicyclic amines) is 1. The molecule has 1 fully saturated rings. The molecular formula is C15H17BrN2O2. The number of carbonyl (C=O) groups excluding carboxylic acids is 1. The van der Waals surface area contributed by atoms with Gasteiger partial charge in [0.25, 0.3) is 5.91 Å². The first-order chi connectivity index (χ1) is 9.67. The van der Waals surface area contributed by atoms with E-state index in [1.54, 1.807) is 0 Å². The number of rotatable bonds is 2. The molecule has 2 N–H and O–H groups in total. The van der Waals surface area contributed by atoms with Crippen LogP contribution in [0.4, 0.5) is 0 Å². The summed E-state index contributed by atoms with van der Waals surface area (Å²) in [4.78, 5) is 17.5. The molecule has 3 rings (SSSR count). The smallest absolute Gasteiger partial charge is 0.270 e. The Kier molecular flexibility index (Phi) is 3.81. The Labute approximate surface area is 125 Å². The number of carbonyl (C=O) groups is 1. The molecule has 1 aromatic carbocycles. The number of nitrogens with one attached hydrogen (secondary N) is 1. The van der Waals surface area contributed by atoms with Crippen molar-refractivity contribution < 1.29 is 9.90 Å². The molecule has 0 spiro atoms. The van der Waals surface area contributed by atoms with Gasteiger partial charge >= 0.3 is 0 Å². The zero-order chi connectivity index (χ0) is 14.1. The van der Waals surface area contributed by atoms with Crippen molar-refractivity contribution in [1.82, 2.24) is 9.88 Å². The molecule has 0 saturated carbocycles. The lowest BCUT2D eigenvalue weighted by atomic mass is 9.99. The number of amides is 1. The standard InChI is InChI=1S/C15H17BrN2O2/c16-12-4-3-11-6-14(17-13(11)7-12)15(20)18-5-1-2-10(8-18)9-19/h3-4,6-7,10,17,19H,1-2,5,8-9H2. The summed E-state index contributed by atoms with van der Waals surface area (Å²) in [5, 5.41) is 10.3. The highest BCUT2D eigenvalue weighted by Crippen LogP contribution is 2.23. The number of H-pyrrole nitrogens is 1. The van der Waals surface area contributed by atoms with Gasteiger partial charge < -0.3 is 15.0 Å². The Hall–Kier alpha value is -1.33. The normalized spacial score (nSPS) is 19.5. The third kappa shape index (κ3) is 2.60. The van der Waals surface area contributed by atoms with Gasteiger partial charge in [-0.3, -0.25) is 4.79 Å². The van der Waals surface area contributed by atoms with Crippen molar-refractivity contribution in [1.29, 1.82) is 0 Å². The van der Waals surface area contributed by atoms with Gasteiger partial charge in [0.1, 0.15) is 5.69 Å². The minimum absolute atomic E-state index is 0.0236. The molecule has 1 saturated heterocycles. The summed E-state index contributed by atoms with van der Waals surface area (Å²) in [5.41, 5.74) is 1.58. The van der Waals surface area contributed by atoms with Crippen molar-refractivity contribution in [3.05, 3.63) is 34.4 Å². The van der Waals surface area contributed by atoms with Crippen LogP contribution in [0.5, 0.6) is 0 Å². The monoisotopic (exact) mass is 336 g/mol. The lowest BCUT2D eigenvalue weighted by Gasteiger charge is -2.31. The molecular weight excluding hydrogens is 320 g/mol. The number of halogens is 1. The van der Waals surface area contributed by atoms with Crippen molar-refractivity contribution in [3.8, 4) is 0 Å². The second-order valence-corrected chi connectivity index (χ2v) is 6.27. The summed E-state index contributed by atoms with van der Waals surface area (Å²) in [6.07, 6.45) is 1.96. The Bertz CT molecular complexity index is 638. The number of aliphatic hydroxyl groups is 1. The van der Waals surface area contributed by atoms with Crippen LogP contribution in [0.1, 0.15) is 23.3 Å². The number of aromatic amines is 1. The maximum absolute atomic E-state index is 12.5. The third-order valence-corrected chi connectivity index (χ3v) is 4.37. The second kappa shape index (κ2) is 5.58. The molecule has 2 heterocycles. The lowest BCUT2D eigenvalue weighted by molar-refractivity contribution is 0.0616. The van der Waals surface area contributed by atoms with Crippen LogP contribution in [-0.4, -0.2) is 40.6 Å². The Balaban J connectivity index is 1.84. The van der Waals surface area contributed by atoms with Crippen molar-refractivity contribution in [2.24, 2.45) is 5.92 Å². The highest BCUT2D eigenvalue weighted by Gasteiger charge is 2.24. The lowest BCUT2D eigenvalue weighted by Crippen LogP contribution is -2.41. The van der Waals surface area contributed by atoms with Gasteiger partial charge in [-0.25, -0.2) is 0 Å². The molecule has 1 unspecified atom stereocenters. The van der Waals surface area contributed by atoms with Gasteiger partial charge in [0.2, 0.25) is 0 Å². The summed E-state index contributed by atoms with van der Waals surface area (Å²) >= 11 is 3.43. The summed E-state index contributed by atoms with van der Waals surface area (Å²) in [6.45, 7) is 1.58.